The Hall–Kier alpha value is -2.32. The van der Waals surface area contributed by atoms with Crippen molar-refractivity contribution >= 4 is 44.0 Å². The van der Waals surface area contributed by atoms with E-state index < -0.39 is 26.4 Å². The van der Waals surface area contributed by atoms with Crippen LogP contribution in [0.4, 0.5) is 15.8 Å². The number of nitrogens with two attached hydrogens (primary N) is 1. The van der Waals surface area contributed by atoms with Gasteiger partial charge in [0.15, 0.2) is 0 Å². The van der Waals surface area contributed by atoms with Crippen LogP contribution in [0.15, 0.2) is 46.1 Å². The third-order valence-electron chi connectivity index (χ3n) is 3.18. The fourth-order valence-corrected chi connectivity index (χ4v) is 3.05. The molecule has 0 unspecified atom stereocenters. The molecule has 0 aliphatic rings. The smallest absolute Gasteiger partial charge is 0.354 e. The molecule has 3 rings (SSSR count). The normalized spacial score (nSPS) is 11.5. The number of halogens is 2. The lowest BCUT2D eigenvalue weighted by Crippen LogP contribution is -2.20. The Kier molecular flexibility index (Phi) is 4.57. The number of benzene rings is 2. The van der Waals surface area contributed by atoms with E-state index in [2.05, 4.69) is 43.4 Å². The number of tetrazole rings is 1. The van der Waals surface area contributed by atoms with Crippen LogP contribution in [0.2, 0.25) is 0 Å². The van der Waals surface area contributed by atoms with Gasteiger partial charge in [0.05, 0.1) is 11.4 Å². The molecule has 12 heteroatoms. The number of sulfonamides is 1. The molecular weight excluding hydrogens is 466 g/mol. The summed E-state index contributed by atoms with van der Waals surface area (Å²) in [6.45, 7) is 0. The predicted molar refractivity (Wildman–Crippen MR) is 95.8 cm³/mol. The number of aromatic amines is 1. The van der Waals surface area contributed by atoms with Crippen molar-refractivity contribution in [1.29, 1.82) is 0 Å². The highest BCUT2D eigenvalue weighted by Gasteiger charge is 2.20. The molecule has 0 saturated heterocycles. The Morgan fingerprint density at radius 2 is 1.92 bits per heavy atom. The van der Waals surface area contributed by atoms with Gasteiger partial charge in [-0.05, 0) is 63.3 Å². The molecule has 25 heavy (non-hydrogen) atoms. The monoisotopic (exact) mass is 476 g/mol. The van der Waals surface area contributed by atoms with Crippen LogP contribution in [0.25, 0.3) is 5.69 Å². The van der Waals surface area contributed by atoms with Crippen molar-refractivity contribution in [3.8, 4) is 5.69 Å². The number of hydrogen-bond acceptors (Lipinski definition) is 6. The average molecular weight is 476 g/mol. The van der Waals surface area contributed by atoms with Crippen LogP contribution >= 0.6 is 22.6 Å². The SMILES string of the molecule is NS(=O)(=O)c1cc(-n2nn[nH]c2=O)c(Nc2ccc(I)cc2)cc1F. The molecule has 0 radical (unpaired) electrons. The van der Waals surface area contributed by atoms with Crippen molar-refractivity contribution < 1.29 is 12.8 Å². The molecule has 3 aromatic rings. The van der Waals surface area contributed by atoms with Crippen molar-refractivity contribution in [2.75, 3.05) is 5.32 Å². The van der Waals surface area contributed by atoms with Crippen LogP contribution in [0, 0.1) is 9.39 Å². The standard InChI is InChI=1S/C13H10FIN6O3S/c14-9-5-10(17-8-3-1-7(15)2-4-8)11(6-12(9)25(16,23)24)21-13(22)18-19-20-21/h1-6,17H,(H2,16,23,24)(H,18,20,22). The average Bonchev–Trinajstić information content (AvgIpc) is 2.94. The van der Waals surface area contributed by atoms with Crippen molar-refractivity contribution in [2.45, 2.75) is 4.90 Å². The predicted octanol–water partition coefficient (Wildman–Crippen LogP) is 1.09. The second-order valence-corrected chi connectivity index (χ2v) is 7.67. The third-order valence-corrected chi connectivity index (χ3v) is 4.83. The lowest BCUT2D eigenvalue weighted by Gasteiger charge is -2.13. The van der Waals surface area contributed by atoms with Crippen LogP contribution in [0.3, 0.4) is 0 Å². The second-order valence-electron chi connectivity index (χ2n) is 4.89. The van der Waals surface area contributed by atoms with Crippen LogP contribution in [-0.4, -0.2) is 28.6 Å². The summed E-state index contributed by atoms with van der Waals surface area (Å²) in [5.41, 5.74) is -0.0385. The third kappa shape index (κ3) is 3.69. The molecule has 1 aromatic heterocycles. The van der Waals surface area contributed by atoms with Crippen LogP contribution < -0.4 is 16.1 Å². The van der Waals surface area contributed by atoms with E-state index in [9.17, 15) is 17.6 Å². The number of anilines is 2. The first kappa shape index (κ1) is 17.5. The van der Waals surface area contributed by atoms with Gasteiger partial charge in [-0.15, -0.1) is 0 Å². The van der Waals surface area contributed by atoms with E-state index in [-0.39, 0.29) is 11.4 Å². The summed E-state index contributed by atoms with van der Waals surface area (Å²) >= 11 is 2.13. The zero-order valence-electron chi connectivity index (χ0n) is 12.3. The number of hydrogen-bond donors (Lipinski definition) is 3. The molecule has 0 fully saturated rings. The van der Waals surface area contributed by atoms with Crippen molar-refractivity contribution in [1.82, 2.24) is 20.2 Å². The zero-order chi connectivity index (χ0) is 18.2. The van der Waals surface area contributed by atoms with E-state index in [1.807, 2.05) is 12.1 Å². The summed E-state index contributed by atoms with van der Waals surface area (Å²) in [4.78, 5) is 11.0. The summed E-state index contributed by atoms with van der Waals surface area (Å²) in [7, 11) is -4.33. The summed E-state index contributed by atoms with van der Waals surface area (Å²) in [5.74, 6) is -1.06. The molecule has 130 valence electrons. The zero-order valence-corrected chi connectivity index (χ0v) is 15.2. The Labute approximate surface area is 154 Å². The van der Waals surface area contributed by atoms with Crippen molar-refractivity contribution in [3.63, 3.8) is 0 Å². The fraction of sp³-hybridized carbons (Fsp3) is 0. The van der Waals surface area contributed by atoms with Gasteiger partial charge >= 0.3 is 5.69 Å². The van der Waals surface area contributed by atoms with Gasteiger partial charge in [-0.25, -0.2) is 27.8 Å². The van der Waals surface area contributed by atoms with Gasteiger partial charge in [0.1, 0.15) is 10.7 Å². The van der Waals surface area contributed by atoms with Gasteiger partial charge in [0.2, 0.25) is 10.0 Å². The summed E-state index contributed by atoms with van der Waals surface area (Å²) in [6, 6.07) is 8.96. The molecule has 0 aliphatic carbocycles. The van der Waals surface area contributed by atoms with Crippen molar-refractivity contribution in [3.05, 3.63) is 56.3 Å². The van der Waals surface area contributed by atoms with E-state index in [0.29, 0.717) is 5.69 Å². The number of rotatable bonds is 4. The molecule has 0 spiro atoms. The van der Waals surface area contributed by atoms with Crippen LogP contribution in [-0.2, 0) is 10.0 Å². The number of H-pyrrole nitrogens is 1. The minimum absolute atomic E-state index is 0.0253. The molecule has 0 atom stereocenters. The van der Waals surface area contributed by atoms with Gasteiger partial charge in [-0.1, -0.05) is 0 Å². The first-order valence-corrected chi connectivity index (χ1v) is 9.28. The highest BCUT2D eigenvalue weighted by molar-refractivity contribution is 14.1. The number of aromatic nitrogens is 4. The van der Waals surface area contributed by atoms with Gasteiger partial charge in [0, 0.05) is 15.3 Å². The van der Waals surface area contributed by atoms with E-state index >= 15 is 0 Å². The molecule has 0 saturated carbocycles. The van der Waals surface area contributed by atoms with E-state index in [1.165, 1.54) is 0 Å². The summed E-state index contributed by atoms with van der Waals surface area (Å²) < 4.78 is 39.1. The number of primary sulfonamides is 1. The first-order chi connectivity index (χ1) is 11.8. The molecule has 0 amide bonds. The maximum absolute atomic E-state index is 14.2. The fourth-order valence-electron chi connectivity index (χ4n) is 2.08. The van der Waals surface area contributed by atoms with Crippen LogP contribution in [0.1, 0.15) is 0 Å². The molecule has 9 nitrogen and oxygen atoms in total. The summed E-state index contributed by atoms with van der Waals surface area (Å²) in [6.07, 6.45) is 0. The Balaban J connectivity index is 2.20. The van der Waals surface area contributed by atoms with E-state index in [0.717, 1.165) is 20.4 Å². The quantitative estimate of drug-likeness (QED) is 0.483. The Morgan fingerprint density at radius 1 is 1.24 bits per heavy atom. The highest BCUT2D eigenvalue weighted by Crippen LogP contribution is 2.28. The van der Waals surface area contributed by atoms with Gasteiger partial charge in [-0.2, -0.15) is 4.68 Å². The molecule has 2 aromatic carbocycles. The second kappa shape index (κ2) is 6.53. The van der Waals surface area contributed by atoms with Gasteiger partial charge < -0.3 is 5.32 Å². The number of nitrogens with one attached hydrogen (secondary N) is 2. The van der Waals surface area contributed by atoms with Crippen molar-refractivity contribution in [2.24, 2.45) is 5.14 Å². The lowest BCUT2D eigenvalue weighted by atomic mass is 10.2. The minimum atomic E-state index is -4.33. The number of nitrogens with zero attached hydrogens (tertiary/aromatic N) is 3. The first-order valence-electron chi connectivity index (χ1n) is 6.65. The lowest BCUT2D eigenvalue weighted by molar-refractivity contribution is 0.567. The van der Waals surface area contributed by atoms with E-state index in [4.69, 9.17) is 5.14 Å². The highest BCUT2D eigenvalue weighted by atomic mass is 127. The maximum Gasteiger partial charge on any atom is 0.365 e. The van der Waals surface area contributed by atoms with Gasteiger partial charge in [0.25, 0.3) is 0 Å². The molecule has 0 bridgehead atoms. The topological polar surface area (TPSA) is 136 Å². The minimum Gasteiger partial charge on any atom is -0.354 e. The molecular formula is C13H10FIN6O3S. The van der Waals surface area contributed by atoms with E-state index in [1.54, 1.807) is 12.1 Å². The molecule has 0 aliphatic heterocycles. The molecule has 4 N–H and O–H groups in total. The Bertz CT molecular complexity index is 1090. The molecule has 1 heterocycles. The van der Waals surface area contributed by atoms with Gasteiger partial charge in [-0.3, -0.25) is 0 Å². The largest absolute Gasteiger partial charge is 0.365 e. The Morgan fingerprint density at radius 3 is 2.48 bits per heavy atom. The maximum atomic E-state index is 14.2. The summed E-state index contributed by atoms with van der Waals surface area (Å²) in [5, 5.41) is 16.9. The van der Waals surface area contributed by atoms with Crippen LogP contribution in [0.5, 0.6) is 0 Å².